The maximum absolute atomic E-state index is 11.2. The van der Waals surface area contributed by atoms with Gasteiger partial charge in [0.1, 0.15) is 5.65 Å². The maximum Gasteiger partial charge on any atom is 0.162 e. The first-order valence-electron chi connectivity index (χ1n) is 3.92. The lowest BCUT2D eigenvalue weighted by Crippen LogP contribution is -1.88. The van der Waals surface area contributed by atoms with Gasteiger partial charge in [0.05, 0.1) is 0 Å². The Morgan fingerprint density at radius 1 is 1.62 bits per heavy atom. The summed E-state index contributed by atoms with van der Waals surface area (Å²) in [6.07, 6.45) is 3.50. The zero-order valence-corrected chi connectivity index (χ0v) is 8.34. The van der Waals surface area contributed by atoms with Crippen molar-refractivity contribution in [3.63, 3.8) is 0 Å². The Kier molecular flexibility index (Phi) is 1.89. The summed E-state index contributed by atoms with van der Waals surface area (Å²) in [6, 6.07) is 3.74. The molecule has 0 aliphatic heterocycles. The Labute approximate surface area is 78.0 Å². The van der Waals surface area contributed by atoms with Gasteiger partial charge >= 0.3 is 0 Å². The molecule has 0 aliphatic rings. The quantitative estimate of drug-likeness (QED) is 0.510. The van der Waals surface area contributed by atoms with Gasteiger partial charge in [-0.2, -0.15) is 0 Å². The number of carbonyl (C=O) groups is 1. The Hall–Kier alpha value is -1.21. The number of aromatic nitrogens is 2. The van der Waals surface area contributed by atoms with Gasteiger partial charge in [-0.05, 0) is 28.4 Å². The molecule has 0 spiro atoms. The number of pyridine rings is 1. The molecule has 0 saturated heterocycles. The van der Waals surface area contributed by atoms with Gasteiger partial charge in [-0.1, -0.05) is 0 Å². The van der Waals surface area contributed by atoms with Crippen molar-refractivity contribution >= 4 is 26.2 Å². The fourth-order valence-electron chi connectivity index (χ4n) is 1.36. The average Bonchev–Trinajstić information content (AvgIpc) is 2.45. The Balaban J connectivity index is 2.85. The van der Waals surface area contributed by atoms with Crippen LogP contribution >= 0.6 is 9.39 Å². The smallest absolute Gasteiger partial charge is 0.162 e. The van der Waals surface area contributed by atoms with Crippen LogP contribution in [0.3, 0.4) is 0 Å². The van der Waals surface area contributed by atoms with Crippen LogP contribution in [-0.4, -0.2) is 15.1 Å². The minimum absolute atomic E-state index is 0.0687. The molecular formula is C9H9N2OP. The maximum atomic E-state index is 11.2. The summed E-state index contributed by atoms with van der Waals surface area (Å²) in [7, 11) is 2.51. The molecule has 2 aromatic heterocycles. The summed E-state index contributed by atoms with van der Waals surface area (Å²) < 4.78 is 1.78. The third-order valence-electron chi connectivity index (χ3n) is 1.97. The molecule has 0 bridgehead atoms. The van der Waals surface area contributed by atoms with Gasteiger partial charge in [0.2, 0.25) is 0 Å². The fraction of sp³-hybridized carbons (Fsp3) is 0.111. The fourth-order valence-corrected chi connectivity index (χ4v) is 1.72. The SMILES string of the molecule is CC(=O)c1cn(P)c2ncccc12. The molecule has 0 amide bonds. The third kappa shape index (κ3) is 1.25. The van der Waals surface area contributed by atoms with E-state index in [1.54, 1.807) is 23.7 Å². The van der Waals surface area contributed by atoms with Crippen LogP contribution in [-0.2, 0) is 0 Å². The summed E-state index contributed by atoms with van der Waals surface area (Å²) in [5.74, 6) is 0.0687. The molecule has 0 radical (unpaired) electrons. The Morgan fingerprint density at radius 2 is 2.38 bits per heavy atom. The summed E-state index contributed by atoms with van der Waals surface area (Å²) in [4.78, 5) is 15.4. The van der Waals surface area contributed by atoms with Crippen molar-refractivity contribution in [2.75, 3.05) is 0 Å². The van der Waals surface area contributed by atoms with Crippen LogP contribution in [0.2, 0.25) is 0 Å². The monoisotopic (exact) mass is 192 g/mol. The highest BCUT2D eigenvalue weighted by Gasteiger charge is 2.09. The second kappa shape index (κ2) is 2.93. The number of ketones is 1. The molecule has 0 fully saturated rings. The normalized spacial score (nSPS) is 10.6. The van der Waals surface area contributed by atoms with Crippen molar-refractivity contribution in [2.45, 2.75) is 6.92 Å². The second-order valence-corrected chi connectivity index (χ2v) is 3.44. The summed E-state index contributed by atoms with van der Waals surface area (Å²) >= 11 is 0. The number of hydrogen-bond acceptors (Lipinski definition) is 2. The Bertz CT molecular complexity index is 475. The summed E-state index contributed by atoms with van der Waals surface area (Å²) in [6.45, 7) is 1.56. The van der Waals surface area contributed by atoms with Gasteiger partial charge in [-0.3, -0.25) is 4.79 Å². The van der Waals surface area contributed by atoms with Crippen LogP contribution in [0.5, 0.6) is 0 Å². The number of fused-ring (bicyclic) bond motifs is 1. The molecule has 0 aliphatic carbocycles. The van der Waals surface area contributed by atoms with E-state index in [9.17, 15) is 4.79 Å². The molecule has 2 rings (SSSR count). The van der Waals surface area contributed by atoms with Crippen LogP contribution in [0, 0.1) is 0 Å². The van der Waals surface area contributed by atoms with Crippen LogP contribution < -0.4 is 0 Å². The zero-order valence-electron chi connectivity index (χ0n) is 7.19. The molecule has 0 saturated carbocycles. The molecule has 1 atom stereocenters. The lowest BCUT2D eigenvalue weighted by atomic mass is 10.2. The average molecular weight is 192 g/mol. The highest BCUT2D eigenvalue weighted by molar-refractivity contribution is 7.14. The number of rotatable bonds is 1. The van der Waals surface area contributed by atoms with Crippen molar-refractivity contribution < 1.29 is 4.79 Å². The third-order valence-corrected chi connectivity index (χ3v) is 2.36. The molecule has 3 nitrogen and oxygen atoms in total. The lowest BCUT2D eigenvalue weighted by molar-refractivity contribution is 0.101. The van der Waals surface area contributed by atoms with E-state index in [0.29, 0.717) is 0 Å². The van der Waals surface area contributed by atoms with E-state index >= 15 is 0 Å². The first kappa shape index (κ1) is 8.39. The standard InChI is InChI=1S/C9H9N2OP/c1-6(12)8-5-11(13)9-7(8)3-2-4-10-9/h2-5H,13H2,1H3. The van der Waals surface area contributed by atoms with Crippen molar-refractivity contribution in [1.82, 2.24) is 9.32 Å². The molecule has 1 unspecified atom stereocenters. The van der Waals surface area contributed by atoms with Gasteiger partial charge in [0.15, 0.2) is 5.78 Å². The van der Waals surface area contributed by atoms with Gasteiger partial charge in [0.25, 0.3) is 0 Å². The summed E-state index contributed by atoms with van der Waals surface area (Å²) in [5, 5.41) is 0.907. The van der Waals surface area contributed by atoms with E-state index in [4.69, 9.17) is 0 Å². The number of nitrogens with zero attached hydrogens (tertiary/aromatic N) is 2. The van der Waals surface area contributed by atoms with E-state index in [1.165, 1.54) is 0 Å². The van der Waals surface area contributed by atoms with Crippen LogP contribution in [0.1, 0.15) is 17.3 Å². The molecule has 0 aromatic carbocycles. The molecule has 2 aromatic rings. The molecular weight excluding hydrogens is 183 g/mol. The Morgan fingerprint density at radius 3 is 3.08 bits per heavy atom. The highest BCUT2D eigenvalue weighted by Crippen LogP contribution is 2.21. The lowest BCUT2D eigenvalue weighted by Gasteiger charge is -1.91. The van der Waals surface area contributed by atoms with Crippen molar-refractivity contribution in [3.8, 4) is 0 Å². The first-order chi connectivity index (χ1) is 6.20. The largest absolute Gasteiger partial charge is 0.316 e. The topological polar surface area (TPSA) is 34.9 Å². The van der Waals surface area contributed by atoms with Gasteiger partial charge in [-0.25, -0.2) is 4.98 Å². The molecule has 0 N–H and O–H groups in total. The van der Waals surface area contributed by atoms with Gasteiger partial charge < -0.3 is 4.34 Å². The second-order valence-electron chi connectivity index (χ2n) is 2.88. The van der Waals surface area contributed by atoms with Crippen LogP contribution in [0.25, 0.3) is 11.0 Å². The predicted octanol–water partition coefficient (Wildman–Crippen LogP) is 1.88. The van der Waals surface area contributed by atoms with Gasteiger partial charge in [0, 0.05) is 23.3 Å². The first-order valence-corrected chi connectivity index (χ1v) is 4.44. The highest BCUT2D eigenvalue weighted by atomic mass is 31.0. The number of carbonyl (C=O) groups excluding carboxylic acids is 1. The molecule has 13 heavy (non-hydrogen) atoms. The van der Waals surface area contributed by atoms with E-state index < -0.39 is 0 Å². The van der Waals surface area contributed by atoms with Crippen LogP contribution in [0.4, 0.5) is 0 Å². The van der Waals surface area contributed by atoms with Crippen molar-refractivity contribution in [2.24, 2.45) is 0 Å². The minimum atomic E-state index is 0.0687. The predicted molar refractivity (Wildman–Crippen MR) is 54.8 cm³/mol. The zero-order chi connectivity index (χ0) is 9.42. The number of hydrogen-bond donors (Lipinski definition) is 0. The van der Waals surface area contributed by atoms with E-state index in [2.05, 4.69) is 14.4 Å². The minimum Gasteiger partial charge on any atom is -0.316 e. The van der Waals surface area contributed by atoms with Gasteiger partial charge in [-0.15, -0.1) is 0 Å². The molecule has 2 heterocycles. The van der Waals surface area contributed by atoms with Crippen molar-refractivity contribution in [3.05, 3.63) is 30.1 Å². The van der Waals surface area contributed by atoms with Crippen molar-refractivity contribution in [1.29, 1.82) is 0 Å². The van der Waals surface area contributed by atoms with E-state index in [1.807, 2.05) is 12.1 Å². The summed E-state index contributed by atoms with van der Waals surface area (Å²) in [5.41, 5.74) is 1.54. The van der Waals surface area contributed by atoms with Crippen LogP contribution in [0.15, 0.2) is 24.5 Å². The molecule has 4 heteroatoms. The van der Waals surface area contributed by atoms with E-state index in [0.717, 1.165) is 16.6 Å². The number of Topliss-reactive ketones (excluding diaryl/α,β-unsaturated/α-hetero) is 1. The van der Waals surface area contributed by atoms with E-state index in [-0.39, 0.29) is 5.78 Å². The molecule has 66 valence electrons.